The third kappa shape index (κ3) is 2.94. The molecule has 1 aromatic heterocycles. The van der Waals surface area contributed by atoms with E-state index in [0.717, 1.165) is 30.8 Å². The number of hydrogen-bond donors (Lipinski definition) is 1. The highest BCUT2D eigenvalue weighted by Crippen LogP contribution is 2.28. The fourth-order valence-electron chi connectivity index (χ4n) is 3.14. The van der Waals surface area contributed by atoms with E-state index in [1.807, 2.05) is 18.2 Å². The predicted octanol–water partition coefficient (Wildman–Crippen LogP) is 2.53. The van der Waals surface area contributed by atoms with Crippen LogP contribution in [0.2, 0.25) is 0 Å². The van der Waals surface area contributed by atoms with E-state index < -0.39 is 6.10 Å². The Bertz CT molecular complexity index is 745. The van der Waals surface area contributed by atoms with Gasteiger partial charge in [-0.1, -0.05) is 18.2 Å². The van der Waals surface area contributed by atoms with Crippen molar-refractivity contribution >= 4 is 12.2 Å². The molecule has 1 N–H and O–H groups in total. The summed E-state index contributed by atoms with van der Waals surface area (Å²) < 4.78 is 5.94. The summed E-state index contributed by atoms with van der Waals surface area (Å²) in [7, 11) is 0. The zero-order valence-corrected chi connectivity index (χ0v) is 13.1. The second kappa shape index (κ2) is 6.42. The van der Waals surface area contributed by atoms with E-state index in [1.54, 1.807) is 12.2 Å². The molecular weight excluding hydrogens is 290 g/mol. The lowest BCUT2D eigenvalue weighted by Crippen LogP contribution is -2.28. The average molecular weight is 311 g/mol. The van der Waals surface area contributed by atoms with Gasteiger partial charge in [0.25, 0.3) is 0 Å². The van der Waals surface area contributed by atoms with E-state index in [-0.39, 0.29) is 5.43 Å². The van der Waals surface area contributed by atoms with Gasteiger partial charge < -0.3 is 14.4 Å². The standard InChI is InChI=1S/C19H21NO3/c1-3-9-20(10-4-2)13-5-7-15-17(11-13)23-18-12-14(21)6-8-16(18)19(15)22/h3-4,6,8,11,14,21H,1-2,5,7,9-10,12H2. The predicted molar refractivity (Wildman–Crippen MR) is 92.0 cm³/mol. The lowest BCUT2D eigenvalue weighted by molar-refractivity contribution is 0.211. The molecule has 0 fully saturated rings. The van der Waals surface area contributed by atoms with E-state index >= 15 is 0 Å². The van der Waals surface area contributed by atoms with E-state index in [1.165, 1.54) is 0 Å². The first-order valence-corrected chi connectivity index (χ1v) is 7.86. The number of hydrogen-bond acceptors (Lipinski definition) is 4. The molecule has 0 aromatic carbocycles. The molecule has 4 nitrogen and oxygen atoms in total. The first-order valence-electron chi connectivity index (χ1n) is 7.86. The molecule has 3 rings (SSSR count). The molecule has 0 saturated carbocycles. The largest absolute Gasteiger partial charge is 0.460 e. The summed E-state index contributed by atoms with van der Waals surface area (Å²) in [6, 6.07) is 0. The average Bonchev–Trinajstić information content (AvgIpc) is 2.54. The Hall–Kier alpha value is -2.33. The van der Waals surface area contributed by atoms with Crippen molar-refractivity contribution in [2.45, 2.75) is 25.4 Å². The summed E-state index contributed by atoms with van der Waals surface area (Å²) in [5.41, 5.74) is 2.46. The molecule has 2 aliphatic rings. The van der Waals surface area contributed by atoms with Crippen LogP contribution in [0, 0.1) is 0 Å². The molecule has 2 aliphatic carbocycles. The van der Waals surface area contributed by atoms with Crippen LogP contribution in [0.25, 0.3) is 12.2 Å². The van der Waals surface area contributed by atoms with Gasteiger partial charge in [-0.15, -0.1) is 13.2 Å². The summed E-state index contributed by atoms with van der Waals surface area (Å²) in [5.74, 6) is 1.19. The third-order valence-electron chi connectivity index (χ3n) is 4.26. The van der Waals surface area contributed by atoms with Gasteiger partial charge in [0.15, 0.2) is 5.43 Å². The molecule has 4 heteroatoms. The Kier molecular flexibility index (Phi) is 4.35. The van der Waals surface area contributed by atoms with Crippen LogP contribution in [0.1, 0.15) is 29.1 Å². The van der Waals surface area contributed by atoms with Gasteiger partial charge in [0.05, 0.1) is 11.7 Å². The number of rotatable bonds is 5. The van der Waals surface area contributed by atoms with Crippen molar-refractivity contribution in [2.75, 3.05) is 13.1 Å². The van der Waals surface area contributed by atoms with E-state index in [9.17, 15) is 9.90 Å². The van der Waals surface area contributed by atoms with Gasteiger partial charge in [-0.2, -0.15) is 0 Å². The van der Waals surface area contributed by atoms with Crippen LogP contribution < -0.4 is 5.43 Å². The Labute approximate surface area is 135 Å². The highest BCUT2D eigenvalue weighted by atomic mass is 16.3. The summed E-state index contributed by atoms with van der Waals surface area (Å²) in [5, 5.41) is 9.74. The molecule has 0 bridgehead atoms. The van der Waals surface area contributed by atoms with Gasteiger partial charge in [0, 0.05) is 36.8 Å². The lowest BCUT2D eigenvalue weighted by Gasteiger charge is -2.28. The summed E-state index contributed by atoms with van der Waals surface area (Å²) in [6.07, 6.45) is 10.2. The van der Waals surface area contributed by atoms with Crippen LogP contribution in [-0.4, -0.2) is 29.2 Å². The van der Waals surface area contributed by atoms with Crippen LogP contribution in [0.4, 0.5) is 0 Å². The summed E-state index contributed by atoms with van der Waals surface area (Å²) in [6.45, 7) is 9.03. The van der Waals surface area contributed by atoms with E-state index in [0.29, 0.717) is 29.9 Å². The van der Waals surface area contributed by atoms with Crippen LogP contribution >= 0.6 is 0 Å². The van der Waals surface area contributed by atoms with Crippen LogP contribution in [-0.2, 0) is 12.8 Å². The minimum atomic E-state index is -0.589. The number of aliphatic hydroxyl groups is 1. The van der Waals surface area contributed by atoms with Crippen molar-refractivity contribution in [2.24, 2.45) is 0 Å². The Balaban J connectivity index is 2.03. The maximum Gasteiger partial charge on any atom is 0.196 e. The Morgan fingerprint density at radius 3 is 2.74 bits per heavy atom. The maximum atomic E-state index is 12.6. The van der Waals surface area contributed by atoms with Crippen molar-refractivity contribution in [3.63, 3.8) is 0 Å². The van der Waals surface area contributed by atoms with Crippen molar-refractivity contribution < 1.29 is 9.52 Å². The molecule has 0 amide bonds. The maximum absolute atomic E-state index is 12.6. The SMILES string of the molecule is C=CCN(CC=C)C1=Cc2oc3c(c(=O)c2CC1)C=CC(O)C3. The van der Waals surface area contributed by atoms with E-state index in [4.69, 9.17) is 4.42 Å². The molecule has 0 saturated heterocycles. The molecule has 1 atom stereocenters. The van der Waals surface area contributed by atoms with Crippen molar-refractivity contribution in [3.8, 4) is 0 Å². The fourth-order valence-corrected chi connectivity index (χ4v) is 3.14. The Morgan fingerprint density at radius 2 is 2.04 bits per heavy atom. The first-order chi connectivity index (χ1) is 11.1. The van der Waals surface area contributed by atoms with Crippen molar-refractivity contribution in [1.82, 2.24) is 4.90 Å². The number of nitrogens with zero attached hydrogens (tertiary/aromatic N) is 1. The molecule has 1 heterocycles. The zero-order valence-electron chi connectivity index (χ0n) is 13.1. The van der Waals surface area contributed by atoms with Gasteiger partial charge in [0.2, 0.25) is 0 Å². The number of aliphatic hydroxyl groups excluding tert-OH is 1. The molecule has 1 aromatic rings. The smallest absolute Gasteiger partial charge is 0.196 e. The first kappa shape index (κ1) is 15.6. The summed E-state index contributed by atoms with van der Waals surface area (Å²) >= 11 is 0. The lowest BCUT2D eigenvalue weighted by atomic mass is 9.94. The molecular formula is C19H21NO3. The monoisotopic (exact) mass is 311 g/mol. The molecule has 0 aliphatic heterocycles. The van der Waals surface area contributed by atoms with Crippen molar-refractivity contribution in [1.29, 1.82) is 0 Å². The molecule has 120 valence electrons. The second-order valence-electron chi connectivity index (χ2n) is 5.86. The molecule has 1 unspecified atom stereocenters. The quantitative estimate of drug-likeness (QED) is 0.849. The fraction of sp³-hybridized carbons (Fsp3) is 0.316. The summed E-state index contributed by atoms with van der Waals surface area (Å²) in [4.78, 5) is 14.8. The van der Waals surface area contributed by atoms with Gasteiger partial charge in [-0.25, -0.2) is 0 Å². The van der Waals surface area contributed by atoms with Gasteiger partial charge in [-0.05, 0) is 18.9 Å². The minimum absolute atomic E-state index is 0.0266. The van der Waals surface area contributed by atoms with Crippen molar-refractivity contribution in [3.05, 3.63) is 70.0 Å². The van der Waals surface area contributed by atoms with Gasteiger partial charge >= 0.3 is 0 Å². The topological polar surface area (TPSA) is 53.7 Å². The minimum Gasteiger partial charge on any atom is -0.460 e. The van der Waals surface area contributed by atoms with E-state index in [2.05, 4.69) is 18.1 Å². The third-order valence-corrected chi connectivity index (χ3v) is 4.26. The molecule has 0 spiro atoms. The van der Waals surface area contributed by atoms with Crippen LogP contribution in [0.3, 0.4) is 0 Å². The van der Waals surface area contributed by atoms with Crippen LogP contribution in [0.5, 0.6) is 0 Å². The highest BCUT2D eigenvalue weighted by Gasteiger charge is 2.24. The number of allylic oxidation sites excluding steroid dienone is 1. The van der Waals surface area contributed by atoms with Crippen LogP contribution in [0.15, 0.2) is 46.3 Å². The number of fused-ring (bicyclic) bond motifs is 2. The zero-order chi connectivity index (χ0) is 16.4. The molecule has 23 heavy (non-hydrogen) atoms. The Morgan fingerprint density at radius 1 is 1.30 bits per heavy atom. The normalized spacial score (nSPS) is 18.7. The highest BCUT2D eigenvalue weighted by molar-refractivity contribution is 5.61. The second-order valence-corrected chi connectivity index (χ2v) is 5.86. The molecule has 0 radical (unpaired) electrons. The van der Waals surface area contributed by atoms with Gasteiger partial charge in [0.1, 0.15) is 11.5 Å². The van der Waals surface area contributed by atoms with Gasteiger partial charge in [-0.3, -0.25) is 4.79 Å².